The van der Waals surface area contributed by atoms with Crippen molar-refractivity contribution in [1.29, 1.82) is 0 Å². The molecule has 0 aliphatic carbocycles. The van der Waals surface area contributed by atoms with Gasteiger partial charge in [-0.05, 0) is 75.3 Å². The van der Waals surface area contributed by atoms with Crippen molar-refractivity contribution in [2.75, 3.05) is 33.2 Å². The molecule has 26 heavy (non-hydrogen) atoms. The predicted octanol–water partition coefficient (Wildman–Crippen LogP) is 5.62. The average molecular weight is 359 g/mol. The second-order valence-electron chi connectivity index (χ2n) is 8.29. The molecule has 2 nitrogen and oxygen atoms in total. The van der Waals surface area contributed by atoms with Gasteiger partial charge in [0, 0.05) is 6.54 Å². The SMILES string of the molecule is CCCCCCC(CC)CN1CCC(c2ccc(CCNC)cc2)CC1. The molecular formula is C24H42N2. The Morgan fingerprint density at radius 2 is 1.77 bits per heavy atom. The topological polar surface area (TPSA) is 15.3 Å². The summed E-state index contributed by atoms with van der Waals surface area (Å²) in [4.78, 5) is 2.74. The molecule has 1 aromatic rings. The lowest BCUT2D eigenvalue weighted by Crippen LogP contribution is -2.36. The molecule has 0 spiro atoms. The van der Waals surface area contributed by atoms with Gasteiger partial charge in [0.1, 0.15) is 0 Å². The molecule has 1 aromatic carbocycles. The third-order valence-electron chi connectivity index (χ3n) is 6.26. The summed E-state index contributed by atoms with van der Waals surface area (Å²) >= 11 is 0. The Labute approximate surface area is 162 Å². The fourth-order valence-electron chi connectivity index (χ4n) is 4.32. The number of rotatable bonds is 12. The van der Waals surface area contributed by atoms with Crippen molar-refractivity contribution in [3.05, 3.63) is 35.4 Å². The van der Waals surface area contributed by atoms with Crippen LogP contribution in [-0.2, 0) is 6.42 Å². The Morgan fingerprint density at radius 1 is 1.04 bits per heavy atom. The first-order chi connectivity index (χ1) is 12.8. The highest BCUT2D eigenvalue weighted by Crippen LogP contribution is 2.29. The zero-order chi connectivity index (χ0) is 18.6. The van der Waals surface area contributed by atoms with Crippen molar-refractivity contribution in [2.45, 2.75) is 77.6 Å². The molecule has 1 aliphatic heterocycles. The van der Waals surface area contributed by atoms with E-state index < -0.39 is 0 Å². The van der Waals surface area contributed by atoms with E-state index in [9.17, 15) is 0 Å². The molecule has 1 fully saturated rings. The van der Waals surface area contributed by atoms with Gasteiger partial charge in [0.05, 0.1) is 0 Å². The number of likely N-dealkylation sites (N-methyl/N-ethyl adjacent to an activating group) is 1. The fraction of sp³-hybridized carbons (Fsp3) is 0.750. The monoisotopic (exact) mass is 358 g/mol. The zero-order valence-corrected chi connectivity index (χ0v) is 17.6. The molecule has 1 N–H and O–H groups in total. The molecular weight excluding hydrogens is 316 g/mol. The molecule has 1 saturated heterocycles. The lowest BCUT2D eigenvalue weighted by atomic mass is 9.88. The van der Waals surface area contributed by atoms with Gasteiger partial charge >= 0.3 is 0 Å². The Balaban J connectivity index is 1.72. The second kappa shape index (κ2) is 12.5. The third kappa shape index (κ3) is 7.40. The van der Waals surface area contributed by atoms with Gasteiger partial charge in [-0.3, -0.25) is 0 Å². The molecule has 2 rings (SSSR count). The van der Waals surface area contributed by atoms with Crippen LogP contribution in [0.2, 0.25) is 0 Å². The molecule has 148 valence electrons. The van der Waals surface area contributed by atoms with Gasteiger partial charge in [0.25, 0.3) is 0 Å². The van der Waals surface area contributed by atoms with Crippen LogP contribution in [-0.4, -0.2) is 38.1 Å². The van der Waals surface area contributed by atoms with Crippen LogP contribution < -0.4 is 5.32 Å². The fourth-order valence-corrected chi connectivity index (χ4v) is 4.32. The van der Waals surface area contributed by atoms with E-state index in [-0.39, 0.29) is 0 Å². The summed E-state index contributed by atoms with van der Waals surface area (Å²) in [5.41, 5.74) is 3.01. The number of hydrogen-bond donors (Lipinski definition) is 1. The van der Waals surface area contributed by atoms with E-state index in [1.165, 1.54) is 76.6 Å². The molecule has 1 heterocycles. The molecule has 0 aromatic heterocycles. The highest BCUT2D eigenvalue weighted by Gasteiger charge is 2.22. The highest BCUT2D eigenvalue weighted by molar-refractivity contribution is 5.26. The number of unbranched alkanes of at least 4 members (excludes halogenated alkanes) is 3. The number of piperidine rings is 1. The quantitative estimate of drug-likeness (QED) is 0.488. The first-order valence-corrected chi connectivity index (χ1v) is 11.2. The average Bonchev–Trinajstić information content (AvgIpc) is 2.69. The molecule has 0 bridgehead atoms. The first-order valence-electron chi connectivity index (χ1n) is 11.2. The summed E-state index contributed by atoms with van der Waals surface area (Å²) < 4.78 is 0. The Hall–Kier alpha value is -0.860. The van der Waals surface area contributed by atoms with E-state index >= 15 is 0 Å². The molecule has 0 amide bonds. The largest absolute Gasteiger partial charge is 0.319 e. The van der Waals surface area contributed by atoms with Gasteiger partial charge in [-0.15, -0.1) is 0 Å². The number of likely N-dealkylation sites (tertiary alicyclic amines) is 1. The summed E-state index contributed by atoms with van der Waals surface area (Å²) in [5, 5.41) is 3.23. The van der Waals surface area contributed by atoms with Gasteiger partial charge in [-0.2, -0.15) is 0 Å². The van der Waals surface area contributed by atoms with E-state index in [0.717, 1.165) is 24.8 Å². The van der Waals surface area contributed by atoms with E-state index in [1.54, 1.807) is 5.56 Å². The van der Waals surface area contributed by atoms with Crippen LogP contribution in [0.25, 0.3) is 0 Å². The Kier molecular flexibility index (Phi) is 10.3. The van der Waals surface area contributed by atoms with Crippen LogP contribution in [0.5, 0.6) is 0 Å². The van der Waals surface area contributed by atoms with E-state index in [2.05, 4.69) is 48.3 Å². The van der Waals surface area contributed by atoms with Gasteiger partial charge in [-0.1, -0.05) is 70.2 Å². The number of hydrogen-bond acceptors (Lipinski definition) is 2. The van der Waals surface area contributed by atoms with Crippen LogP contribution in [0, 0.1) is 5.92 Å². The lowest BCUT2D eigenvalue weighted by Gasteiger charge is -2.34. The van der Waals surface area contributed by atoms with E-state index in [1.807, 2.05) is 7.05 Å². The molecule has 0 radical (unpaired) electrons. The van der Waals surface area contributed by atoms with Crippen LogP contribution in [0.3, 0.4) is 0 Å². The third-order valence-corrected chi connectivity index (χ3v) is 6.26. The number of nitrogens with one attached hydrogen (secondary N) is 1. The molecule has 1 unspecified atom stereocenters. The molecule has 1 aliphatic rings. The van der Waals surface area contributed by atoms with Crippen molar-refractivity contribution in [3.8, 4) is 0 Å². The van der Waals surface area contributed by atoms with Crippen molar-refractivity contribution in [1.82, 2.24) is 10.2 Å². The summed E-state index contributed by atoms with van der Waals surface area (Å²) in [7, 11) is 2.02. The van der Waals surface area contributed by atoms with Crippen LogP contribution >= 0.6 is 0 Å². The van der Waals surface area contributed by atoms with Crippen molar-refractivity contribution in [3.63, 3.8) is 0 Å². The summed E-state index contributed by atoms with van der Waals surface area (Å²) in [6, 6.07) is 9.44. The van der Waals surface area contributed by atoms with Gasteiger partial charge < -0.3 is 10.2 Å². The lowest BCUT2D eigenvalue weighted by molar-refractivity contribution is 0.175. The molecule has 0 saturated carbocycles. The van der Waals surface area contributed by atoms with Crippen molar-refractivity contribution >= 4 is 0 Å². The number of nitrogens with zero attached hydrogens (tertiary/aromatic N) is 1. The maximum atomic E-state index is 3.23. The predicted molar refractivity (Wildman–Crippen MR) is 115 cm³/mol. The summed E-state index contributed by atoms with van der Waals surface area (Å²) in [6.07, 6.45) is 12.2. The Bertz CT molecular complexity index is 460. The van der Waals surface area contributed by atoms with Crippen LogP contribution in [0.4, 0.5) is 0 Å². The number of benzene rings is 1. The first kappa shape index (κ1) is 21.4. The molecule has 2 heteroatoms. The van der Waals surface area contributed by atoms with Crippen molar-refractivity contribution < 1.29 is 0 Å². The second-order valence-corrected chi connectivity index (χ2v) is 8.29. The minimum absolute atomic E-state index is 0.772. The van der Waals surface area contributed by atoms with Gasteiger partial charge in [0.15, 0.2) is 0 Å². The zero-order valence-electron chi connectivity index (χ0n) is 17.6. The summed E-state index contributed by atoms with van der Waals surface area (Å²) in [5.74, 6) is 1.68. The minimum Gasteiger partial charge on any atom is -0.319 e. The van der Waals surface area contributed by atoms with E-state index in [0.29, 0.717) is 0 Å². The standard InChI is InChI=1S/C24H42N2/c1-4-6-7-8-9-21(5-2)20-26-18-15-24(16-19-26)23-12-10-22(11-13-23)14-17-25-3/h10-13,21,24-25H,4-9,14-20H2,1-3H3. The summed E-state index contributed by atoms with van der Waals surface area (Å²) in [6.45, 7) is 9.66. The van der Waals surface area contributed by atoms with Gasteiger partial charge in [0.2, 0.25) is 0 Å². The minimum atomic E-state index is 0.772. The van der Waals surface area contributed by atoms with E-state index in [4.69, 9.17) is 0 Å². The Morgan fingerprint density at radius 3 is 2.38 bits per heavy atom. The normalized spacial score (nSPS) is 17.5. The maximum Gasteiger partial charge on any atom is 0.000956 e. The van der Waals surface area contributed by atoms with Gasteiger partial charge in [-0.25, -0.2) is 0 Å². The van der Waals surface area contributed by atoms with Crippen LogP contribution in [0.15, 0.2) is 24.3 Å². The highest BCUT2D eigenvalue weighted by atomic mass is 15.1. The van der Waals surface area contributed by atoms with Crippen LogP contribution in [0.1, 0.15) is 82.3 Å². The maximum absolute atomic E-state index is 3.23. The van der Waals surface area contributed by atoms with Crippen molar-refractivity contribution in [2.24, 2.45) is 5.92 Å². The molecule has 1 atom stereocenters. The smallest absolute Gasteiger partial charge is 0.000956 e.